The van der Waals surface area contributed by atoms with E-state index < -0.39 is 7.92 Å². The van der Waals surface area contributed by atoms with E-state index in [1.165, 1.54) is 18.5 Å². The molecule has 10 heavy (non-hydrogen) atoms. The standard InChI is InChI=1S/C9H17P/c1-4-7-10(8-5-2)9-6-3/h4-6H,1-3,7-10H2. The van der Waals surface area contributed by atoms with Crippen LogP contribution in [0.1, 0.15) is 0 Å². The van der Waals surface area contributed by atoms with Gasteiger partial charge in [-0.2, -0.15) is 0 Å². The van der Waals surface area contributed by atoms with Gasteiger partial charge in [-0.3, -0.25) is 0 Å². The zero-order valence-corrected chi connectivity index (χ0v) is 7.71. The van der Waals surface area contributed by atoms with E-state index in [4.69, 9.17) is 0 Å². The molecule has 0 fully saturated rings. The Morgan fingerprint density at radius 2 is 1.10 bits per heavy atom. The molecule has 0 aromatic carbocycles. The average Bonchev–Trinajstić information content (AvgIpc) is 1.90. The second kappa shape index (κ2) is 6.77. The van der Waals surface area contributed by atoms with Crippen LogP contribution in [0.3, 0.4) is 0 Å². The summed E-state index contributed by atoms with van der Waals surface area (Å²) in [5.41, 5.74) is 0. The van der Waals surface area contributed by atoms with Crippen molar-refractivity contribution in [3.63, 3.8) is 0 Å². The summed E-state index contributed by atoms with van der Waals surface area (Å²) in [6, 6.07) is 0. The minimum absolute atomic E-state index is 0.588. The summed E-state index contributed by atoms with van der Waals surface area (Å²) in [6.45, 7) is 11.2. The molecule has 0 heterocycles. The van der Waals surface area contributed by atoms with Crippen molar-refractivity contribution < 1.29 is 0 Å². The summed E-state index contributed by atoms with van der Waals surface area (Å²) in [6.07, 6.45) is 9.67. The number of rotatable bonds is 6. The van der Waals surface area contributed by atoms with E-state index in [2.05, 4.69) is 19.7 Å². The van der Waals surface area contributed by atoms with Gasteiger partial charge in [-0.15, -0.1) is 0 Å². The quantitative estimate of drug-likeness (QED) is 0.409. The Morgan fingerprint density at radius 3 is 1.30 bits per heavy atom. The molecular formula is C9H17P. The molecule has 58 valence electrons. The van der Waals surface area contributed by atoms with Crippen LogP contribution in [-0.4, -0.2) is 18.5 Å². The molecule has 0 unspecified atom stereocenters. The van der Waals surface area contributed by atoms with Gasteiger partial charge in [-0.05, 0) is 0 Å². The zero-order chi connectivity index (χ0) is 7.82. The van der Waals surface area contributed by atoms with Crippen molar-refractivity contribution in [1.29, 1.82) is 0 Å². The van der Waals surface area contributed by atoms with E-state index in [-0.39, 0.29) is 0 Å². The fourth-order valence-electron chi connectivity index (χ4n) is 0.996. The maximum atomic E-state index is 3.73. The van der Waals surface area contributed by atoms with Crippen LogP contribution in [0.4, 0.5) is 0 Å². The first-order valence-electron chi connectivity index (χ1n) is 3.67. The number of hydrogen-bond acceptors (Lipinski definition) is 0. The summed E-state index contributed by atoms with van der Waals surface area (Å²) < 4.78 is 0. The maximum absolute atomic E-state index is 3.73. The van der Waals surface area contributed by atoms with Crippen LogP contribution in [0.2, 0.25) is 0 Å². The first kappa shape index (κ1) is 9.65. The van der Waals surface area contributed by atoms with Crippen molar-refractivity contribution >= 4 is 7.92 Å². The van der Waals surface area contributed by atoms with E-state index in [1.807, 2.05) is 18.2 Å². The zero-order valence-electron chi connectivity index (χ0n) is 6.55. The van der Waals surface area contributed by atoms with Crippen LogP contribution >= 0.6 is 7.92 Å². The van der Waals surface area contributed by atoms with E-state index >= 15 is 0 Å². The van der Waals surface area contributed by atoms with Crippen molar-refractivity contribution in [2.75, 3.05) is 18.5 Å². The average molecular weight is 156 g/mol. The number of allylic oxidation sites excluding steroid dienone is 3. The third kappa shape index (κ3) is 4.52. The Morgan fingerprint density at radius 1 is 0.800 bits per heavy atom. The summed E-state index contributed by atoms with van der Waals surface area (Å²) in [5, 5.41) is 0. The van der Waals surface area contributed by atoms with Crippen molar-refractivity contribution in [3.05, 3.63) is 38.0 Å². The van der Waals surface area contributed by atoms with E-state index in [9.17, 15) is 0 Å². The molecule has 0 bridgehead atoms. The predicted molar refractivity (Wildman–Crippen MR) is 54.9 cm³/mol. The van der Waals surface area contributed by atoms with Crippen LogP contribution in [-0.2, 0) is 0 Å². The van der Waals surface area contributed by atoms with Crippen molar-refractivity contribution in [1.82, 2.24) is 0 Å². The van der Waals surface area contributed by atoms with Gasteiger partial charge in [0, 0.05) is 0 Å². The molecule has 0 radical (unpaired) electrons. The molecule has 0 atom stereocenters. The molecule has 0 rings (SSSR count). The second-order valence-corrected chi connectivity index (χ2v) is 5.59. The molecule has 0 amide bonds. The van der Waals surface area contributed by atoms with Crippen molar-refractivity contribution in [2.45, 2.75) is 0 Å². The van der Waals surface area contributed by atoms with Gasteiger partial charge < -0.3 is 0 Å². The van der Waals surface area contributed by atoms with E-state index in [0.29, 0.717) is 0 Å². The summed E-state index contributed by atoms with van der Waals surface area (Å²) in [5.74, 6) is 0. The van der Waals surface area contributed by atoms with Gasteiger partial charge in [0.25, 0.3) is 0 Å². The minimum atomic E-state index is -0.588. The van der Waals surface area contributed by atoms with Crippen LogP contribution in [0.15, 0.2) is 38.0 Å². The third-order valence-corrected chi connectivity index (χ3v) is 4.50. The van der Waals surface area contributed by atoms with Gasteiger partial charge in [0.15, 0.2) is 0 Å². The molecule has 0 aliphatic heterocycles. The SMILES string of the molecule is C=CC[PH2](CC=C)CC=C. The molecule has 0 N–H and O–H groups in total. The van der Waals surface area contributed by atoms with E-state index in [0.717, 1.165) is 0 Å². The van der Waals surface area contributed by atoms with Gasteiger partial charge >= 0.3 is 64.4 Å². The Labute approximate surface area is 65.1 Å². The molecule has 0 saturated heterocycles. The molecule has 1 heteroatoms. The Hall–Kier alpha value is -0.350. The molecule has 0 spiro atoms. The molecule has 0 aliphatic carbocycles. The second-order valence-electron chi connectivity index (χ2n) is 2.44. The summed E-state index contributed by atoms with van der Waals surface area (Å²) in [7, 11) is -0.588. The number of hydrogen-bond donors (Lipinski definition) is 0. The Balaban J connectivity index is 3.58. The molecule has 0 saturated carbocycles. The van der Waals surface area contributed by atoms with Gasteiger partial charge in [0.1, 0.15) is 0 Å². The fourth-order valence-corrected chi connectivity index (χ4v) is 2.99. The molecule has 0 aromatic heterocycles. The predicted octanol–water partition coefficient (Wildman–Crippen LogP) is 2.49. The van der Waals surface area contributed by atoms with Crippen LogP contribution in [0.25, 0.3) is 0 Å². The summed E-state index contributed by atoms with van der Waals surface area (Å²) >= 11 is 0. The molecule has 0 aromatic rings. The van der Waals surface area contributed by atoms with Crippen molar-refractivity contribution in [2.24, 2.45) is 0 Å². The molecule has 0 nitrogen and oxygen atoms in total. The molecular weight excluding hydrogens is 139 g/mol. The van der Waals surface area contributed by atoms with Gasteiger partial charge in [0.05, 0.1) is 0 Å². The Kier molecular flexibility index (Phi) is 6.53. The first-order valence-corrected chi connectivity index (χ1v) is 6.12. The van der Waals surface area contributed by atoms with Crippen LogP contribution < -0.4 is 0 Å². The van der Waals surface area contributed by atoms with Gasteiger partial charge in [-0.25, -0.2) is 0 Å². The first-order chi connectivity index (χ1) is 4.85. The van der Waals surface area contributed by atoms with Crippen molar-refractivity contribution in [3.8, 4) is 0 Å². The Bertz CT molecular complexity index is 92.1. The molecule has 0 aliphatic rings. The third-order valence-electron chi connectivity index (χ3n) is 1.50. The van der Waals surface area contributed by atoms with Crippen LogP contribution in [0, 0.1) is 0 Å². The topological polar surface area (TPSA) is 0 Å². The normalized spacial score (nSPS) is 10.2. The summed E-state index contributed by atoms with van der Waals surface area (Å²) in [4.78, 5) is 0. The van der Waals surface area contributed by atoms with Crippen LogP contribution in [0.5, 0.6) is 0 Å². The van der Waals surface area contributed by atoms with Gasteiger partial charge in [0.2, 0.25) is 0 Å². The van der Waals surface area contributed by atoms with E-state index in [1.54, 1.807) is 0 Å². The monoisotopic (exact) mass is 156 g/mol. The van der Waals surface area contributed by atoms with Gasteiger partial charge in [-0.1, -0.05) is 0 Å². The fraction of sp³-hybridized carbons (Fsp3) is 0.333.